The molecule has 9 heteroatoms. The Bertz CT molecular complexity index is 1630. The van der Waals surface area contributed by atoms with Gasteiger partial charge in [0.2, 0.25) is 5.91 Å². The van der Waals surface area contributed by atoms with Crippen LogP contribution in [0.5, 0.6) is 0 Å². The zero-order valence-corrected chi connectivity index (χ0v) is 22.3. The maximum atomic E-state index is 13.6. The molecule has 1 atom stereocenters. The maximum absolute atomic E-state index is 13.6. The minimum Gasteiger partial charge on any atom is -0.347 e. The normalized spacial score (nSPS) is 16.6. The third-order valence-corrected chi connectivity index (χ3v) is 8.35. The Kier molecular flexibility index (Phi) is 6.36. The summed E-state index contributed by atoms with van der Waals surface area (Å²) in [7, 11) is 0. The van der Waals surface area contributed by atoms with E-state index in [1.165, 1.54) is 17.4 Å². The fourth-order valence-electron chi connectivity index (χ4n) is 5.32. The van der Waals surface area contributed by atoms with E-state index < -0.39 is 0 Å². The van der Waals surface area contributed by atoms with Crippen molar-refractivity contribution in [2.24, 2.45) is 0 Å². The number of carbonyl (C=O) groups excluding carboxylic acids is 3. The Hall–Kier alpha value is -4.50. The van der Waals surface area contributed by atoms with E-state index in [2.05, 4.69) is 22.2 Å². The number of aryl methyl sites for hydroxylation is 1. The minimum atomic E-state index is -0.337. The number of nitrogens with one attached hydrogen (secondary N) is 2. The number of anilines is 3. The van der Waals surface area contributed by atoms with Gasteiger partial charge in [-0.15, -0.1) is 11.3 Å². The predicted octanol–water partition coefficient (Wildman–Crippen LogP) is 5.86. The molecule has 0 unspecified atom stereocenters. The first-order valence-electron chi connectivity index (χ1n) is 12.9. The molecule has 0 bridgehead atoms. The number of pyridine rings is 1. The number of amides is 4. The summed E-state index contributed by atoms with van der Waals surface area (Å²) in [6.07, 6.45) is 4.53. The molecule has 0 spiro atoms. The van der Waals surface area contributed by atoms with Gasteiger partial charge in [-0.3, -0.25) is 14.5 Å². The molecule has 4 amide bonds. The Morgan fingerprint density at radius 3 is 2.74 bits per heavy atom. The van der Waals surface area contributed by atoms with E-state index in [1.807, 2.05) is 61.5 Å². The van der Waals surface area contributed by atoms with Crippen molar-refractivity contribution in [2.75, 3.05) is 23.3 Å². The molecule has 2 N–H and O–H groups in total. The number of urea groups is 1. The Balaban J connectivity index is 1.36. The van der Waals surface area contributed by atoms with Gasteiger partial charge in [-0.1, -0.05) is 49.0 Å². The maximum Gasteiger partial charge on any atom is 0.331 e. The lowest BCUT2D eigenvalue weighted by Crippen LogP contribution is -2.49. The Morgan fingerprint density at radius 2 is 1.95 bits per heavy atom. The van der Waals surface area contributed by atoms with Gasteiger partial charge in [-0.25, -0.2) is 9.78 Å². The fourth-order valence-corrected chi connectivity index (χ4v) is 6.34. The second kappa shape index (κ2) is 9.99. The minimum absolute atomic E-state index is 0.140. The van der Waals surface area contributed by atoms with Crippen LogP contribution in [-0.2, 0) is 4.79 Å². The van der Waals surface area contributed by atoms with Crippen LogP contribution in [0.25, 0.3) is 21.3 Å². The monoisotopic (exact) mass is 537 g/mol. The molecular weight excluding hydrogens is 510 g/mol. The lowest BCUT2D eigenvalue weighted by molar-refractivity contribution is -0.127. The van der Waals surface area contributed by atoms with Gasteiger partial charge in [0.25, 0.3) is 5.91 Å². The number of aromatic nitrogens is 1. The molecule has 196 valence electrons. The summed E-state index contributed by atoms with van der Waals surface area (Å²) in [5.74, 6) is -0.424. The second-order valence-corrected chi connectivity index (χ2v) is 10.7. The third kappa shape index (κ3) is 4.44. The van der Waals surface area contributed by atoms with Crippen molar-refractivity contribution in [3.05, 3.63) is 83.9 Å². The van der Waals surface area contributed by atoms with Crippen molar-refractivity contribution in [1.82, 2.24) is 15.2 Å². The number of nitrogens with zero attached hydrogens (tertiary/aromatic N) is 3. The summed E-state index contributed by atoms with van der Waals surface area (Å²) in [6.45, 7) is 6.61. The molecule has 4 aromatic rings. The van der Waals surface area contributed by atoms with Crippen molar-refractivity contribution < 1.29 is 14.4 Å². The van der Waals surface area contributed by atoms with E-state index >= 15 is 0 Å². The third-order valence-electron chi connectivity index (χ3n) is 7.25. The smallest absolute Gasteiger partial charge is 0.331 e. The van der Waals surface area contributed by atoms with Crippen LogP contribution in [0.2, 0.25) is 0 Å². The van der Waals surface area contributed by atoms with Gasteiger partial charge in [-0.05, 0) is 54.7 Å². The largest absolute Gasteiger partial charge is 0.347 e. The van der Waals surface area contributed by atoms with E-state index in [1.54, 1.807) is 16.0 Å². The standard InChI is InChI=1S/C30H27N5O3S/c1-3-24(36)34-15-7-10-21(17-34)32-28(37)27-26-25-22(13-14-31-29(25)39-27)35(30(38)33-26)23-16-20(12-11-18(23)2)19-8-5-4-6-9-19/h3-6,8-9,11-14,16,21H,1,7,10,15,17H2,2H3,(H,32,37)(H,33,38)/t21-/m1/s1. The zero-order chi connectivity index (χ0) is 27.1. The first-order chi connectivity index (χ1) is 18.9. The summed E-state index contributed by atoms with van der Waals surface area (Å²) in [5.41, 5.74) is 4.93. The number of hydrogen-bond acceptors (Lipinski definition) is 5. The van der Waals surface area contributed by atoms with Crippen LogP contribution in [0, 0.1) is 6.92 Å². The summed E-state index contributed by atoms with van der Waals surface area (Å²) in [5, 5.41) is 6.79. The predicted molar refractivity (Wildman–Crippen MR) is 155 cm³/mol. The van der Waals surface area contributed by atoms with E-state index in [4.69, 9.17) is 0 Å². The van der Waals surface area contributed by atoms with Crippen molar-refractivity contribution in [3.8, 4) is 11.1 Å². The van der Waals surface area contributed by atoms with Gasteiger partial charge in [0.15, 0.2) is 0 Å². The van der Waals surface area contributed by atoms with Gasteiger partial charge in [-0.2, -0.15) is 0 Å². The quantitative estimate of drug-likeness (QED) is 0.312. The molecule has 0 radical (unpaired) electrons. The lowest BCUT2D eigenvalue weighted by atomic mass is 10.0. The average molecular weight is 538 g/mol. The van der Waals surface area contributed by atoms with Gasteiger partial charge < -0.3 is 15.5 Å². The number of rotatable bonds is 5. The molecule has 39 heavy (non-hydrogen) atoms. The molecule has 4 heterocycles. The van der Waals surface area contributed by atoms with Crippen LogP contribution in [0.15, 0.2) is 73.4 Å². The molecule has 8 nitrogen and oxygen atoms in total. The van der Waals surface area contributed by atoms with Gasteiger partial charge in [0.1, 0.15) is 9.71 Å². The lowest BCUT2D eigenvalue weighted by Gasteiger charge is -2.32. The highest BCUT2D eigenvalue weighted by molar-refractivity contribution is 7.21. The highest BCUT2D eigenvalue weighted by Gasteiger charge is 2.34. The molecule has 2 aromatic carbocycles. The highest BCUT2D eigenvalue weighted by atomic mass is 32.1. The van der Waals surface area contributed by atoms with Crippen LogP contribution in [0.4, 0.5) is 21.9 Å². The van der Waals surface area contributed by atoms with Crippen molar-refractivity contribution in [2.45, 2.75) is 25.8 Å². The molecule has 6 rings (SSSR count). The molecular formula is C30H27N5O3S. The van der Waals surface area contributed by atoms with Crippen molar-refractivity contribution in [3.63, 3.8) is 0 Å². The first kappa shape index (κ1) is 24.8. The van der Waals surface area contributed by atoms with Crippen LogP contribution in [0.3, 0.4) is 0 Å². The molecule has 2 aliphatic heterocycles. The van der Waals surface area contributed by atoms with Crippen LogP contribution < -0.4 is 15.5 Å². The number of likely N-dealkylation sites (tertiary alicyclic amines) is 1. The van der Waals surface area contributed by atoms with Crippen LogP contribution >= 0.6 is 11.3 Å². The van der Waals surface area contributed by atoms with E-state index in [-0.39, 0.29) is 23.9 Å². The van der Waals surface area contributed by atoms with Crippen LogP contribution in [-0.4, -0.2) is 46.9 Å². The Labute approximate surface area is 230 Å². The molecule has 2 aromatic heterocycles. The van der Waals surface area contributed by atoms with E-state index in [0.717, 1.165) is 40.6 Å². The van der Waals surface area contributed by atoms with Gasteiger partial charge >= 0.3 is 6.03 Å². The van der Waals surface area contributed by atoms with Crippen molar-refractivity contribution >= 4 is 56.5 Å². The summed E-state index contributed by atoms with van der Waals surface area (Å²) in [4.78, 5) is 48.1. The number of thiophene rings is 1. The van der Waals surface area contributed by atoms with Gasteiger partial charge in [0.05, 0.1) is 22.4 Å². The molecule has 1 fully saturated rings. The highest BCUT2D eigenvalue weighted by Crippen LogP contribution is 2.46. The number of carbonyl (C=O) groups is 3. The summed E-state index contributed by atoms with van der Waals surface area (Å²) in [6, 6.07) is 17.4. The van der Waals surface area contributed by atoms with Crippen molar-refractivity contribution in [1.29, 1.82) is 0 Å². The van der Waals surface area contributed by atoms with Crippen LogP contribution in [0.1, 0.15) is 28.1 Å². The number of benzene rings is 2. The molecule has 1 saturated heterocycles. The fraction of sp³-hybridized carbons (Fsp3) is 0.200. The number of piperidine rings is 1. The SMILES string of the molecule is C=CC(=O)N1CCC[C@@H](NC(=O)c2sc3nccc4c3c2NC(=O)N4c2cc(-c3ccccc3)ccc2C)C1. The molecule has 0 saturated carbocycles. The topological polar surface area (TPSA) is 94.6 Å². The zero-order valence-electron chi connectivity index (χ0n) is 21.4. The molecule has 2 aliphatic rings. The Morgan fingerprint density at radius 1 is 1.13 bits per heavy atom. The number of hydrogen-bond donors (Lipinski definition) is 2. The van der Waals surface area contributed by atoms with Gasteiger partial charge in [0, 0.05) is 25.3 Å². The van der Waals surface area contributed by atoms with E-state index in [0.29, 0.717) is 34.2 Å². The molecule has 0 aliphatic carbocycles. The van der Waals surface area contributed by atoms with E-state index in [9.17, 15) is 14.4 Å². The summed E-state index contributed by atoms with van der Waals surface area (Å²) >= 11 is 1.25. The average Bonchev–Trinajstić information content (AvgIpc) is 3.33. The summed E-state index contributed by atoms with van der Waals surface area (Å²) < 4.78 is 0. The first-order valence-corrected chi connectivity index (χ1v) is 13.7. The second-order valence-electron chi connectivity index (χ2n) is 9.75.